The number of carbonyl (C=O) groups is 1. The molecule has 0 N–H and O–H groups in total. The van der Waals surface area contributed by atoms with Gasteiger partial charge in [0.2, 0.25) is 6.79 Å². The van der Waals surface area contributed by atoms with E-state index < -0.39 is 12.0 Å². The van der Waals surface area contributed by atoms with Crippen LogP contribution in [0.5, 0.6) is 23.0 Å². The highest BCUT2D eigenvalue weighted by atomic mass is 32.1. The highest BCUT2D eigenvalue weighted by Gasteiger charge is 2.33. The van der Waals surface area contributed by atoms with Crippen LogP contribution in [0.3, 0.4) is 0 Å². The molecule has 1 aromatic heterocycles. The molecule has 0 amide bonds. The topological polar surface area (TPSA) is 97.6 Å². The Hall–Kier alpha value is -4.83. The molecule has 2 aliphatic rings. The zero-order chi connectivity index (χ0) is 29.9. The van der Waals surface area contributed by atoms with Gasteiger partial charge in [0.15, 0.2) is 27.8 Å². The number of ether oxygens (including phenoxy) is 5. The Morgan fingerprint density at radius 2 is 1.84 bits per heavy atom. The van der Waals surface area contributed by atoms with E-state index in [1.54, 1.807) is 4.57 Å². The summed E-state index contributed by atoms with van der Waals surface area (Å²) in [5, 5.41) is 0. The van der Waals surface area contributed by atoms with Crippen LogP contribution in [0.2, 0.25) is 0 Å². The summed E-state index contributed by atoms with van der Waals surface area (Å²) >= 11 is 1.28. The minimum absolute atomic E-state index is 0.215. The summed E-state index contributed by atoms with van der Waals surface area (Å²) in [4.78, 5) is 32.1. The molecule has 3 heterocycles. The van der Waals surface area contributed by atoms with Crippen LogP contribution in [-0.4, -0.2) is 31.0 Å². The van der Waals surface area contributed by atoms with Crippen LogP contribution in [0.4, 0.5) is 0 Å². The lowest BCUT2D eigenvalue weighted by Gasteiger charge is -2.25. The molecule has 0 radical (unpaired) electrons. The Labute approximate surface area is 251 Å². The van der Waals surface area contributed by atoms with Crippen molar-refractivity contribution >= 4 is 23.4 Å². The molecule has 9 nitrogen and oxygen atoms in total. The Kier molecular flexibility index (Phi) is 8.02. The maximum Gasteiger partial charge on any atom is 0.338 e. The van der Waals surface area contributed by atoms with Gasteiger partial charge in [0, 0.05) is 0 Å². The average Bonchev–Trinajstić information content (AvgIpc) is 3.63. The summed E-state index contributed by atoms with van der Waals surface area (Å²) in [7, 11) is 1.34. The Balaban J connectivity index is 1.36. The molecule has 4 aromatic rings. The molecule has 2 aliphatic heterocycles. The fourth-order valence-electron chi connectivity index (χ4n) is 5.16. The summed E-state index contributed by atoms with van der Waals surface area (Å²) < 4.78 is 30.1. The number of nitrogens with zero attached hydrogens (tertiary/aromatic N) is 2. The second-order valence-corrected chi connectivity index (χ2v) is 10.8. The fourth-order valence-corrected chi connectivity index (χ4v) is 6.18. The van der Waals surface area contributed by atoms with Crippen molar-refractivity contribution < 1.29 is 28.5 Å². The van der Waals surface area contributed by atoms with Crippen LogP contribution in [0.25, 0.3) is 6.08 Å². The third kappa shape index (κ3) is 5.53. The van der Waals surface area contributed by atoms with Gasteiger partial charge in [-0.25, -0.2) is 9.79 Å². The predicted octanol–water partition coefficient (Wildman–Crippen LogP) is 4.50. The van der Waals surface area contributed by atoms with Crippen LogP contribution in [0, 0.1) is 0 Å². The number of hydrogen-bond acceptors (Lipinski definition) is 9. The molecule has 0 aliphatic carbocycles. The molecule has 6 rings (SSSR count). The molecule has 0 saturated carbocycles. The van der Waals surface area contributed by atoms with Crippen molar-refractivity contribution in [3.63, 3.8) is 0 Å². The number of aromatic nitrogens is 1. The molecule has 43 heavy (non-hydrogen) atoms. The minimum atomic E-state index is -0.645. The quantitative estimate of drug-likeness (QED) is 0.262. The van der Waals surface area contributed by atoms with E-state index in [2.05, 4.69) is 0 Å². The number of hydrogen-bond donors (Lipinski definition) is 0. The van der Waals surface area contributed by atoms with Gasteiger partial charge in [0.1, 0.15) is 6.61 Å². The SMILES string of the molecule is CCOc1cc(/C=c2\sc3n(c2=O)[C@@H](c2ccccc2)C(C(=O)OC)=C(CC)N=3)ccc1OCc1ccc2c(c1)OCO2. The highest BCUT2D eigenvalue weighted by molar-refractivity contribution is 7.07. The number of allylic oxidation sites excluding steroid dienone is 1. The molecule has 3 aromatic carbocycles. The molecule has 1 atom stereocenters. The molecule has 0 saturated heterocycles. The van der Waals surface area contributed by atoms with Crippen molar-refractivity contribution in [1.29, 1.82) is 0 Å². The van der Waals surface area contributed by atoms with Crippen LogP contribution in [0.15, 0.2) is 87.8 Å². The van der Waals surface area contributed by atoms with Crippen molar-refractivity contribution in [2.45, 2.75) is 32.9 Å². The molecular formula is C33H30N2O7S. The van der Waals surface area contributed by atoms with Gasteiger partial charge in [-0.15, -0.1) is 0 Å². The van der Waals surface area contributed by atoms with E-state index in [4.69, 9.17) is 28.7 Å². The smallest absolute Gasteiger partial charge is 0.338 e. The summed E-state index contributed by atoms with van der Waals surface area (Å²) in [6.07, 6.45) is 2.33. The third-order valence-electron chi connectivity index (χ3n) is 7.16. The number of carbonyl (C=O) groups excluding carboxylic acids is 1. The number of benzene rings is 3. The van der Waals surface area contributed by atoms with Crippen molar-refractivity contribution in [2.75, 3.05) is 20.5 Å². The van der Waals surface area contributed by atoms with E-state index in [1.807, 2.05) is 86.7 Å². The average molecular weight is 599 g/mol. The van der Waals surface area contributed by atoms with Crippen molar-refractivity contribution in [3.8, 4) is 23.0 Å². The van der Waals surface area contributed by atoms with E-state index in [9.17, 15) is 9.59 Å². The van der Waals surface area contributed by atoms with E-state index in [0.717, 1.165) is 22.4 Å². The van der Waals surface area contributed by atoms with Crippen LogP contribution >= 0.6 is 11.3 Å². The number of fused-ring (bicyclic) bond motifs is 2. The second-order valence-electron chi connectivity index (χ2n) is 9.81. The summed E-state index contributed by atoms with van der Waals surface area (Å²) in [5.41, 5.74) is 3.24. The molecule has 0 bridgehead atoms. The first-order valence-corrected chi connectivity index (χ1v) is 14.8. The standard InChI is InChI=1S/C33H30N2O7S/c1-4-23-29(32(37)38-3)30(22-9-7-6-8-10-22)35-31(36)28(43-33(35)34-23)17-20-11-13-24(26(15-20)39-5-2)40-18-21-12-14-25-27(16-21)42-19-41-25/h6-17,30H,4-5,18-19H2,1-3H3/b28-17-/t30-/m0/s1. The van der Waals surface area contributed by atoms with Crippen molar-refractivity contribution in [3.05, 3.63) is 114 Å². The van der Waals surface area contributed by atoms with Crippen molar-refractivity contribution in [1.82, 2.24) is 4.57 Å². The monoisotopic (exact) mass is 598 g/mol. The third-order valence-corrected chi connectivity index (χ3v) is 8.15. The van der Waals surface area contributed by atoms with Gasteiger partial charge in [0.25, 0.3) is 5.56 Å². The van der Waals surface area contributed by atoms with E-state index >= 15 is 0 Å². The highest BCUT2D eigenvalue weighted by Crippen LogP contribution is 2.35. The van der Waals surface area contributed by atoms with Gasteiger partial charge >= 0.3 is 5.97 Å². The van der Waals surface area contributed by atoms with Gasteiger partial charge < -0.3 is 23.7 Å². The molecule has 10 heteroatoms. The Bertz CT molecular complexity index is 1890. The van der Waals surface area contributed by atoms with Gasteiger partial charge in [-0.1, -0.05) is 60.7 Å². The van der Waals surface area contributed by atoms with Gasteiger partial charge in [-0.3, -0.25) is 9.36 Å². The summed E-state index contributed by atoms with van der Waals surface area (Å²) in [5.74, 6) is 2.06. The zero-order valence-electron chi connectivity index (χ0n) is 24.0. The molecule has 0 unspecified atom stereocenters. The van der Waals surface area contributed by atoms with Gasteiger partial charge in [-0.05, 0) is 60.4 Å². The minimum Gasteiger partial charge on any atom is -0.490 e. The number of thiazole rings is 1. The Morgan fingerprint density at radius 1 is 1.02 bits per heavy atom. The number of rotatable bonds is 9. The lowest BCUT2D eigenvalue weighted by atomic mass is 9.95. The van der Waals surface area contributed by atoms with Crippen LogP contribution in [-0.2, 0) is 16.1 Å². The molecule has 0 fully saturated rings. The zero-order valence-corrected chi connectivity index (χ0v) is 24.8. The van der Waals surface area contributed by atoms with E-state index in [0.29, 0.717) is 57.5 Å². The molecular weight excluding hydrogens is 568 g/mol. The normalized spacial score (nSPS) is 15.6. The lowest BCUT2D eigenvalue weighted by Crippen LogP contribution is -2.40. The van der Waals surface area contributed by atoms with Gasteiger partial charge in [0.05, 0.1) is 35.6 Å². The number of esters is 1. The first-order chi connectivity index (χ1) is 21.0. The number of methoxy groups -OCH3 is 1. The first kappa shape index (κ1) is 28.3. The lowest BCUT2D eigenvalue weighted by molar-refractivity contribution is -0.136. The predicted molar refractivity (Wildman–Crippen MR) is 161 cm³/mol. The van der Waals surface area contributed by atoms with Crippen LogP contribution < -0.4 is 33.8 Å². The van der Waals surface area contributed by atoms with E-state index in [1.165, 1.54) is 18.4 Å². The summed E-state index contributed by atoms with van der Waals surface area (Å²) in [6.45, 7) is 4.81. The van der Waals surface area contributed by atoms with E-state index in [-0.39, 0.29) is 12.4 Å². The first-order valence-electron chi connectivity index (χ1n) is 14.0. The maximum atomic E-state index is 13.9. The largest absolute Gasteiger partial charge is 0.490 e. The fraction of sp³-hybridized carbons (Fsp3) is 0.242. The van der Waals surface area contributed by atoms with Gasteiger partial charge in [-0.2, -0.15) is 0 Å². The molecule has 220 valence electrons. The van der Waals surface area contributed by atoms with Crippen LogP contribution in [0.1, 0.15) is 43.0 Å². The maximum absolute atomic E-state index is 13.9. The Morgan fingerprint density at radius 3 is 2.60 bits per heavy atom. The second kappa shape index (κ2) is 12.2. The summed E-state index contributed by atoms with van der Waals surface area (Å²) in [6, 6.07) is 20.1. The van der Waals surface area contributed by atoms with Crippen molar-refractivity contribution in [2.24, 2.45) is 4.99 Å². The molecule has 0 spiro atoms.